The number of hydrazone groups is 1. The van der Waals surface area contributed by atoms with Crippen molar-refractivity contribution in [2.45, 2.75) is 13.8 Å². The summed E-state index contributed by atoms with van der Waals surface area (Å²) >= 11 is 0. The minimum absolute atomic E-state index is 0.0432. The van der Waals surface area contributed by atoms with E-state index in [1.54, 1.807) is 0 Å². The quantitative estimate of drug-likeness (QED) is 0.784. The van der Waals surface area contributed by atoms with Crippen molar-refractivity contribution in [2.75, 3.05) is 0 Å². The zero-order chi connectivity index (χ0) is 16.7. The minimum Gasteiger partial charge on any atom is -0.436 e. The fourth-order valence-corrected chi connectivity index (χ4v) is 2.90. The summed E-state index contributed by atoms with van der Waals surface area (Å²) in [6.07, 6.45) is 0. The summed E-state index contributed by atoms with van der Waals surface area (Å²) in [6, 6.07) is 15.6. The normalized spacial score (nSPS) is 20.8. The lowest BCUT2D eigenvalue weighted by Crippen LogP contribution is -2.39. The van der Waals surface area contributed by atoms with Gasteiger partial charge in [0.25, 0.3) is 0 Å². The van der Waals surface area contributed by atoms with Gasteiger partial charge in [0.15, 0.2) is 5.58 Å². The molecule has 0 spiro atoms. The topological polar surface area (TPSA) is 67.5 Å². The SMILES string of the molecule is C[C@@H]1C(=O)NN=C(c2ccc3nc(-c4ccccc4)oc3c2)[C@H]1C. The van der Waals surface area contributed by atoms with E-state index in [1.165, 1.54) is 0 Å². The van der Waals surface area contributed by atoms with Gasteiger partial charge >= 0.3 is 0 Å². The number of benzene rings is 2. The van der Waals surface area contributed by atoms with E-state index >= 15 is 0 Å². The van der Waals surface area contributed by atoms with Crippen LogP contribution in [0.2, 0.25) is 0 Å². The molecule has 4 rings (SSSR count). The summed E-state index contributed by atoms with van der Waals surface area (Å²) in [7, 11) is 0. The van der Waals surface area contributed by atoms with E-state index < -0.39 is 0 Å². The predicted octanol–water partition coefficient (Wildman–Crippen LogP) is 3.60. The summed E-state index contributed by atoms with van der Waals surface area (Å²) in [6.45, 7) is 3.93. The molecule has 2 aromatic carbocycles. The monoisotopic (exact) mass is 319 g/mol. The molecular weight excluding hydrogens is 302 g/mol. The van der Waals surface area contributed by atoms with Crippen LogP contribution in [0.25, 0.3) is 22.6 Å². The number of carbonyl (C=O) groups is 1. The predicted molar refractivity (Wildman–Crippen MR) is 92.5 cm³/mol. The van der Waals surface area contributed by atoms with Crippen molar-refractivity contribution in [2.24, 2.45) is 16.9 Å². The van der Waals surface area contributed by atoms with Gasteiger partial charge in [-0.25, -0.2) is 10.4 Å². The molecule has 2 heterocycles. The van der Waals surface area contributed by atoms with Crippen molar-refractivity contribution in [3.8, 4) is 11.5 Å². The van der Waals surface area contributed by atoms with E-state index in [-0.39, 0.29) is 17.7 Å². The summed E-state index contributed by atoms with van der Waals surface area (Å²) in [4.78, 5) is 16.2. The molecule has 1 aromatic heterocycles. The average molecular weight is 319 g/mol. The van der Waals surface area contributed by atoms with E-state index in [2.05, 4.69) is 15.5 Å². The maximum absolute atomic E-state index is 11.7. The van der Waals surface area contributed by atoms with E-state index in [0.29, 0.717) is 11.5 Å². The van der Waals surface area contributed by atoms with Crippen molar-refractivity contribution in [1.82, 2.24) is 10.4 Å². The number of hydrogen-bond donors (Lipinski definition) is 1. The van der Waals surface area contributed by atoms with Gasteiger partial charge in [0.1, 0.15) is 5.52 Å². The lowest BCUT2D eigenvalue weighted by atomic mass is 9.86. The van der Waals surface area contributed by atoms with Crippen LogP contribution in [-0.4, -0.2) is 16.6 Å². The molecule has 0 unspecified atom stereocenters. The fourth-order valence-electron chi connectivity index (χ4n) is 2.90. The van der Waals surface area contributed by atoms with Gasteiger partial charge in [-0.1, -0.05) is 38.1 Å². The molecule has 1 N–H and O–H groups in total. The molecule has 120 valence electrons. The zero-order valence-electron chi connectivity index (χ0n) is 13.5. The summed E-state index contributed by atoms with van der Waals surface area (Å²) in [5.41, 5.74) is 6.86. The van der Waals surface area contributed by atoms with E-state index in [9.17, 15) is 4.79 Å². The molecule has 2 atom stereocenters. The van der Waals surface area contributed by atoms with Crippen LogP contribution in [0.1, 0.15) is 19.4 Å². The molecule has 0 saturated carbocycles. The van der Waals surface area contributed by atoms with Crippen molar-refractivity contribution >= 4 is 22.7 Å². The minimum atomic E-state index is -0.109. The number of amides is 1. The molecule has 0 saturated heterocycles. The number of aromatic nitrogens is 1. The second-order valence-electron chi connectivity index (χ2n) is 6.12. The highest BCUT2D eigenvalue weighted by atomic mass is 16.3. The smallest absolute Gasteiger partial charge is 0.243 e. The lowest BCUT2D eigenvalue weighted by Gasteiger charge is -2.25. The van der Waals surface area contributed by atoms with Crippen LogP contribution in [0, 0.1) is 11.8 Å². The molecule has 5 nitrogen and oxygen atoms in total. The number of fused-ring (bicyclic) bond motifs is 1. The first kappa shape index (κ1) is 14.6. The number of rotatable bonds is 2. The molecule has 0 aliphatic carbocycles. The molecule has 0 bridgehead atoms. The number of nitrogens with one attached hydrogen (secondary N) is 1. The van der Waals surface area contributed by atoms with Gasteiger partial charge in [-0.15, -0.1) is 0 Å². The Hall–Kier alpha value is -2.95. The third-order valence-corrected chi connectivity index (χ3v) is 4.59. The molecule has 1 aliphatic heterocycles. The van der Waals surface area contributed by atoms with Crippen LogP contribution in [-0.2, 0) is 4.79 Å². The van der Waals surface area contributed by atoms with Gasteiger partial charge in [0.05, 0.1) is 5.71 Å². The number of oxazole rings is 1. The van der Waals surface area contributed by atoms with Crippen LogP contribution < -0.4 is 5.43 Å². The maximum Gasteiger partial charge on any atom is 0.243 e. The molecule has 0 radical (unpaired) electrons. The van der Waals surface area contributed by atoms with Crippen molar-refractivity contribution in [1.29, 1.82) is 0 Å². The fraction of sp³-hybridized carbons (Fsp3) is 0.211. The van der Waals surface area contributed by atoms with Gasteiger partial charge in [-0.05, 0) is 24.3 Å². The van der Waals surface area contributed by atoms with E-state index in [4.69, 9.17) is 4.42 Å². The van der Waals surface area contributed by atoms with Crippen LogP contribution in [0.3, 0.4) is 0 Å². The Bertz CT molecular complexity index is 944. The van der Waals surface area contributed by atoms with E-state index in [1.807, 2.05) is 62.4 Å². The highest BCUT2D eigenvalue weighted by Gasteiger charge is 2.29. The van der Waals surface area contributed by atoms with Gasteiger partial charge < -0.3 is 4.42 Å². The van der Waals surface area contributed by atoms with Crippen molar-refractivity contribution in [3.63, 3.8) is 0 Å². The Kier molecular flexibility index (Phi) is 3.41. The third kappa shape index (κ3) is 2.38. The molecule has 3 aromatic rings. The van der Waals surface area contributed by atoms with Crippen LogP contribution in [0.15, 0.2) is 58.0 Å². The number of nitrogens with zero attached hydrogens (tertiary/aromatic N) is 2. The van der Waals surface area contributed by atoms with Crippen LogP contribution in [0.4, 0.5) is 0 Å². The maximum atomic E-state index is 11.7. The standard InChI is InChI=1S/C19H17N3O2/c1-11-12(2)18(23)22-21-17(11)14-8-9-15-16(10-14)24-19(20-15)13-6-4-3-5-7-13/h3-12H,1-2H3,(H,22,23)/t11-,12-/m0/s1. The highest BCUT2D eigenvalue weighted by Crippen LogP contribution is 2.27. The zero-order valence-corrected chi connectivity index (χ0v) is 13.5. The highest BCUT2D eigenvalue weighted by molar-refractivity contribution is 6.07. The summed E-state index contributed by atoms with van der Waals surface area (Å²) < 4.78 is 5.92. The average Bonchev–Trinajstić information content (AvgIpc) is 3.04. The van der Waals surface area contributed by atoms with Gasteiger partial charge in [0, 0.05) is 23.0 Å². The third-order valence-electron chi connectivity index (χ3n) is 4.59. The molecule has 1 aliphatic rings. The lowest BCUT2D eigenvalue weighted by molar-refractivity contribution is -0.125. The Morgan fingerprint density at radius 1 is 1.00 bits per heavy atom. The Labute approximate surface area is 139 Å². The summed E-state index contributed by atoms with van der Waals surface area (Å²) in [5, 5.41) is 4.24. The van der Waals surface area contributed by atoms with Crippen molar-refractivity contribution in [3.05, 3.63) is 54.1 Å². The second-order valence-corrected chi connectivity index (χ2v) is 6.12. The molecule has 1 amide bonds. The molecule has 5 heteroatoms. The molecule has 24 heavy (non-hydrogen) atoms. The second kappa shape index (κ2) is 5.60. The van der Waals surface area contributed by atoms with Gasteiger partial charge in [-0.3, -0.25) is 4.79 Å². The Morgan fingerprint density at radius 3 is 2.58 bits per heavy atom. The Balaban J connectivity index is 1.75. The van der Waals surface area contributed by atoms with E-state index in [0.717, 1.165) is 22.4 Å². The van der Waals surface area contributed by atoms with Crippen LogP contribution >= 0.6 is 0 Å². The van der Waals surface area contributed by atoms with Gasteiger partial charge in [-0.2, -0.15) is 5.10 Å². The number of hydrogen-bond acceptors (Lipinski definition) is 4. The first-order valence-corrected chi connectivity index (χ1v) is 7.97. The first-order valence-electron chi connectivity index (χ1n) is 7.97. The van der Waals surface area contributed by atoms with Gasteiger partial charge in [0.2, 0.25) is 11.8 Å². The molecular formula is C19H17N3O2. The Morgan fingerprint density at radius 2 is 1.79 bits per heavy atom. The molecule has 0 fully saturated rings. The first-order chi connectivity index (χ1) is 11.6. The van der Waals surface area contributed by atoms with Crippen molar-refractivity contribution < 1.29 is 9.21 Å². The summed E-state index contributed by atoms with van der Waals surface area (Å²) in [5.74, 6) is 0.497. The van der Waals surface area contributed by atoms with Crippen LogP contribution in [0.5, 0.6) is 0 Å². The largest absolute Gasteiger partial charge is 0.436 e. The number of carbonyl (C=O) groups excluding carboxylic acids is 1.